The van der Waals surface area contributed by atoms with Gasteiger partial charge in [-0.3, -0.25) is 0 Å². The van der Waals surface area contributed by atoms with Crippen LogP contribution >= 0.6 is 0 Å². The quantitative estimate of drug-likeness (QED) is 0.569. The second-order valence-corrected chi connectivity index (χ2v) is 4.60. The molecular weight excluding hydrogens is 194 g/mol. The number of aromatic nitrogens is 1. The fourth-order valence-electron chi connectivity index (χ4n) is 2.40. The third-order valence-corrected chi connectivity index (χ3v) is 3.45. The van der Waals surface area contributed by atoms with Crippen LogP contribution in [0.4, 0.5) is 0 Å². The highest BCUT2D eigenvalue weighted by molar-refractivity contribution is 6.09. The van der Waals surface area contributed by atoms with E-state index in [0.29, 0.717) is 0 Å². The lowest BCUT2D eigenvalue weighted by Gasteiger charge is -2.00. The first-order chi connectivity index (χ1) is 7.66. The Morgan fingerprint density at radius 1 is 0.812 bits per heavy atom. The molecule has 16 heavy (non-hydrogen) atoms. The van der Waals surface area contributed by atoms with E-state index in [1.165, 1.54) is 38.5 Å². The fraction of sp³-hybridized carbons (Fsp3) is 0.200. The first-order valence-electron chi connectivity index (χ1n) is 5.65. The first kappa shape index (κ1) is 9.46. The summed E-state index contributed by atoms with van der Waals surface area (Å²) < 4.78 is 0. The van der Waals surface area contributed by atoms with Gasteiger partial charge in [0.25, 0.3) is 0 Å². The van der Waals surface area contributed by atoms with Gasteiger partial charge < -0.3 is 4.98 Å². The topological polar surface area (TPSA) is 15.8 Å². The number of fused-ring (bicyclic) bond motifs is 3. The molecule has 0 saturated heterocycles. The molecule has 1 nitrogen and oxygen atoms in total. The average Bonchev–Trinajstić information content (AvgIpc) is 2.58. The summed E-state index contributed by atoms with van der Waals surface area (Å²) in [6.45, 7) is 6.50. The lowest BCUT2D eigenvalue weighted by atomic mass is 10.0. The van der Waals surface area contributed by atoms with Gasteiger partial charge in [0.15, 0.2) is 0 Å². The van der Waals surface area contributed by atoms with Gasteiger partial charge >= 0.3 is 0 Å². The highest BCUT2D eigenvalue weighted by Gasteiger charge is 2.07. The van der Waals surface area contributed by atoms with Crippen LogP contribution in [0.15, 0.2) is 30.3 Å². The number of rotatable bonds is 0. The van der Waals surface area contributed by atoms with Gasteiger partial charge in [-0.25, -0.2) is 0 Å². The molecule has 0 radical (unpaired) electrons. The molecule has 0 fully saturated rings. The molecule has 3 rings (SSSR count). The van der Waals surface area contributed by atoms with Crippen LogP contribution in [-0.2, 0) is 0 Å². The molecule has 3 aromatic rings. The minimum absolute atomic E-state index is 1.24. The first-order valence-corrected chi connectivity index (χ1v) is 5.65. The van der Waals surface area contributed by atoms with Crippen LogP contribution in [0.2, 0.25) is 0 Å². The number of aryl methyl sites for hydroxylation is 3. The van der Waals surface area contributed by atoms with Crippen LogP contribution in [-0.4, -0.2) is 4.98 Å². The second kappa shape index (κ2) is 3.11. The predicted octanol–water partition coefficient (Wildman–Crippen LogP) is 4.25. The molecule has 1 heterocycles. The van der Waals surface area contributed by atoms with Gasteiger partial charge in [0, 0.05) is 21.8 Å². The summed E-state index contributed by atoms with van der Waals surface area (Å²) in [5.74, 6) is 0. The Bertz CT molecular complexity index is 689. The fourth-order valence-corrected chi connectivity index (χ4v) is 2.40. The molecule has 2 aromatic carbocycles. The highest BCUT2D eigenvalue weighted by Crippen LogP contribution is 2.29. The lowest BCUT2D eigenvalue weighted by Crippen LogP contribution is -1.80. The third kappa shape index (κ3) is 1.18. The Morgan fingerprint density at radius 2 is 1.56 bits per heavy atom. The van der Waals surface area contributed by atoms with Gasteiger partial charge in [0.2, 0.25) is 0 Å². The molecule has 0 aliphatic carbocycles. The maximum atomic E-state index is 3.49. The summed E-state index contributed by atoms with van der Waals surface area (Å²) in [6, 6.07) is 10.9. The van der Waals surface area contributed by atoms with Crippen molar-refractivity contribution in [3.8, 4) is 0 Å². The average molecular weight is 209 g/mol. The number of benzene rings is 2. The van der Waals surface area contributed by atoms with Gasteiger partial charge in [-0.2, -0.15) is 0 Å². The van der Waals surface area contributed by atoms with Gasteiger partial charge in [-0.15, -0.1) is 0 Å². The Kier molecular flexibility index (Phi) is 1.84. The van der Waals surface area contributed by atoms with E-state index < -0.39 is 0 Å². The zero-order chi connectivity index (χ0) is 11.3. The Balaban J connectivity index is 2.58. The molecule has 0 aliphatic heterocycles. The second-order valence-electron chi connectivity index (χ2n) is 4.60. The number of hydrogen-bond donors (Lipinski definition) is 1. The minimum Gasteiger partial charge on any atom is -0.354 e. The molecule has 0 bridgehead atoms. The molecule has 0 atom stereocenters. The lowest BCUT2D eigenvalue weighted by molar-refractivity contribution is 1.36. The van der Waals surface area contributed by atoms with Crippen molar-refractivity contribution in [1.82, 2.24) is 4.98 Å². The molecule has 0 amide bonds. The van der Waals surface area contributed by atoms with Crippen LogP contribution in [0.3, 0.4) is 0 Å². The standard InChI is InChI=1S/C15H15N/c1-9-5-4-6-13-15(9)12-7-10(2)11(3)8-14(12)16-13/h4-8,16H,1-3H3. The maximum absolute atomic E-state index is 3.49. The van der Waals surface area contributed by atoms with Crippen LogP contribution in [0.5, 0.6) is 0 Å². The predicted molar refractivity (Wildman–Crippen MR) is 70.0 cm³/mol. The van der Waals surface area contributed by atoms with E-state index in [1.54, 1.807) is 0 Å². The van der Waals surface area contributed by atoms with Crippen molar-refractivity contribution in [2.45, 2.75) is 20.8 Å². The largest absolute Gasteiger partial charge is 0.354 e. The van der Waals surface area contributed by atoms with Crippen LogP contribution in [0.25, 0.3) is 21.8 Å². The van der Waals surface area contributed by atoms with E-state index in [9.17, 15) is 0 Å². The molecular formula is C15H15N. The smallest absolute Gasteiger partial charge is 0.0467 e. The molecule has 1 N–H and O–H groups in total. The van der Waals surface area contributed by atoms with Gasteiger partial charge in [-0.1, -0.05) is 12.1 Å². The summed E-state index contributed by atoms with van der Waals surface area (Å²) in [5, 5.41) is 2.71. The Labute approximate surface area is 95.1 Å². The van der Waals surface area contributed by atoms with Gasteiger partial charge in [-0.05, 0) is 55.7 Å². The van der Waals surface area contributed by atoms with Gasteiger partial charge in [0.05, 0.1) is 0 Å². The zero-order valence-electron chi connectivity index (χ0n) is 9.89. The van der Waals surface area contributed by atoms with E-state index in [4.69, 9.17) is 0 Å². The summed E-state index contributed by atoms with van der Waals surface area (Å²) >= 11 is 0. The number of H-pyrrole nitrogens is 1. The monoisotopic (exact) mass is 209 g/mol. The van der Waals surface area contributed by atoms with E-state index in [0.717, 1.165) is 0 Å². The van der Waals surface area contributed by atoms with Crippen molar-refractivity contribution in [3.05, 3.63) is 47.0 Å². The van der Waals surface area contributed by atoms with E-state index >= 15 is 0 Å². The SMILES string of the molecule is Cc1cc2[nH]c3cccc(C)c3c2cc1C. The van der Waals surface area contributed by atoms with Crippen LogP contribution < -0.4 is 0 Å². The third-order valence-electron chi connectivity index (χ3n) is 3.45. The van der Waals surface area contributed by atoms with E-state index in [2.05, 4.69) is 56.1 Å². The molecule has 80 valence electrons. The Morgan fingerprint density at radius 3 is 2.38 bits per heavy atom. The summed E-state index contributed by atoms with van der Waals surface area (Å²) in [6.07, 6.45) is 0. The molecule has 0 aliphatic rings. The van der Waals surface area contributed by atoms with Crippen molar-refractivity contribution >= 4 is 21.8 Å². The van der Waals surface area contributed by atoms with Crippen LogP contribution in [0, 0.1) is 20.8 Å². The number of hydrogen-bond acceptors (Lipinski definition) is 0. The number of nitrogens with one attached hydrogen (secondary N) is 1. The van der Waals surface area contributed by atoms with E-state index in [1.807, 2.05) is 0 Å². The molecule has 0 saturated carbocycles. The summed E-state index contributed by atoms with van der Waals surface area (Å²) in [7, 11) is 0. The molecule has 1 aromatic heterocycles. The molecule has 0 spiro atoms. The Hall–Kier alpha value is -1.76. The maximum Gasteiger partial charge on any atom is 0.0467 e. The van der Waals surface area contributed by atoms with Crippen molar-refractivity contribution in [3.63, 3.8) is 0 Å². The van der Waals surface area contributed by atoms with Crippen molar-refractivity contribution < 1.29 is 0 Å². The van der Waals surface area contributed by atoms with E-state index in [-0.39, 0.29) is 0 Å². The molecule has 1 heteroatoms. The van der Waals surface area contributed by atoms with Gasteiger partial charge in [0.1, 0.15) is 0 Å². The van der Waals surface area contributed by atoms with Crippen LogP contribution in [0.1, 0.15) is 16.7 Å². The van der Waals surface area contributed by atoms with Crippen molar-refractivity contribution in [2.75, 3.05) is 0 Å². The number of aromatic amines is 1. The normalized spacial score (nSPS) is 11.4. The summed E-state index contributed by atoms with van der Waals surface area (Å²) in [4.78, 5) is 3.49. The molecule has 0 unspecified atom stereocenters. The van der Waals surface area contributed by atoms with Crippen molar-refractivity contribution in [1.29, 1.82) is 0 Å². The minimum atomic E-state index is 1.24. The van der Waals surface area contributed by atoms with Crippen molar-refractivity contribution in [2.24, 2.45) is 0 Å². The zero-order valence-corrected chi connectivity index (χ0v) is 9.89. The summed E-state index contributed by atoms with van der Waals surface area (Å²) in [5.41, 5.74) is 6.52. The highest BCUT2D eigenvalue weighted by atomic mass is 14.7.